The summed E-state index contributed by atoms with van der Waals surface area (Å²) in [5.74, 6) is 1.11. The van der Waals surface area contributed by atoms with E-state index in [1.54, 1.807) is 17.8 Å². The lowest BCUT2D eigenvalue weighted by Crippen LogP contribution is -2.28. The molecule has 5 heteroatoms. The number of carbonyl (C=O) groups is 1. The monoisotopic (exact) mass is 395 g/mol. The van der Waals surface area contributed by atoms with Crippen LogP contribution in [0.25, 0.3) is 0 Å². The zero-order valence-electron chi connectivity index (χ0n) is 15.0. The molecule has 0 saturated carbocycles. The number of thioether (sulfide) groups is 1. The van der Waals surface area contributed by atoms with Crippen molar-refractivity contribution in [2.24, 2.45) is 0 Å². The predicted octanol–water partition coefficient (Wildman–Crippen LogP) is 6.03. The Morgan fingerprint density at radius 2 is 1.76 bits per heavy atom. The maximum Gasteiger partial charge on any atom is 0.230 e. The third-order valence-electron chi connectivity index (χ3n) is 4.23. The molecule has 0 bridgehead atoms. The summed E-state index contributed by atoms with van der Waals surface area (Å²) in [7, 11) is 0. The Bertz CT molecular complexity index is 777. The molecule has 1 N–H and O–H groups in total. The molecule has 1 atom stereocenters. The van der Waals surface area contributed by atoms with Gasteiger partial charge in [0.25, 0.3) is 0 Å². The van der Waals surface area contributed by atoms with Crippen molar-refractivity contribution in [3.8, 4) is 0 Å². The molecule has 0 radical (unpaired) electrons. The van der Waals surface area contributed by atoms with Gasteiger partial charge in [-0.05, 0) is 67.6 Å². The van der Waals surface area contributed by atoms with Crippen LogP contribution in [0.5, 0.6) is 0 Å². The Labute approximate surface area is 164 Å². The highest BCUT2D eigenvalue weighted by molar-refractivity contribution is 7.99. The van der Waals surface area contributed by atoms with Gasteiger partial charge in [0.15, 0.2) is 0 Å². The van der Waals surface area contributed by atoms with Crippen LogP contribution in [-0.2, 0) is 10.5 Å². The summed E-state index contributed by atoms with van der Waals surface area (Å²) >= 11 is 13.6. The number of hydrogen-bond donors (Lipinski definition) is 1. The number of rotatable bonds is 6. The van der Waals surface area contributed by atoms with Crippen molar-refractivity contribution in [2.45, 2.75) is 39.5 Å². The first kappa shape index (κ1) is 20.2. The Kier molecular flexibility index (Phi) is 7.24. The highest BCUT2D eigenvalue weighted by Crippen LogP contribution is 2.25. The number of amides is 1. The number of carbonyl (C=O) groups excluding carboxylic acids is 1. The summed E-state index contributed by atoms with van der Waals surface area (Å²) in [5.41, 5.74) is 5.88. The SMILES string of the molecule is Cc1cc(C)c([C@H](C)NC(=O)CSCc2ccc(Cl)cc2Cl)cc1C. The molecule has 0 aromatic heterocycles. The highest BCUT2D eigenvalue weighted by Gasteiger charge is 2.13. The quantitative estimate of drug-likeness (QED) is 0.646. The van der Waals surface area contributed by atoms with Crippen molar-refractivity contribution in [3.63, 3.8) is 0 Å². The molecule has 0 aliphatic heterocycles. The molecular formula is C20H23Cl2NOS. The predicted molar refractivity (Wildman–Crippen MR) is 110 cm³/mol. The van der Waals surface area contributed by atoms with E-state index >= 15 is 0 Å². The van der Waals surface area contributed by atoms with E-state index in [-0.39, 0.29) is 11.9 Å². The molecule has 134 valence electrons. The first-order chi connectivity index (χ1) is 11.8. The van der Waals surface area contributed by atoms with Gasteiger partial charge in [-0.2, -0.15) is 0 Å². The molecule has 0 fully saturated rings. The minimum Gasteiger partial charge on any atom is -0.349 e. The number of nitrogens with one attached hydrogen (secondary N) is 1. The minimum atomic E-state index is -0.00785. The normalized spacial score (nSPS) is 12.1. The van der Waals surface area contributed by atoms with Crippen LogP contribution in [0, 0.1) is 20.8 Å². The van der Waals surface area contributed by atoms with Gasteiger partial charge < -0.3 is 5.32 Å². The van der Waals surface area contributed by atoms with Gasteiger partial charge in [0.05, 0.1) is 11.8 Å². The number of halogens is 2. The molecule has 0 heterocycles. The van der Waals surface area contributed by atoms with Crippen LogP contribution in [-0.4, -0.2) is 11.7 Å². The van der Waals surface area contributed by atoms with Gasteiger partial charge >= 0.3 is 0 Å². The van der Waals surface area contributed by atoms with Crippen LogP contribution in [0.2, 0.25) is 10.0 Å². The molecule has 1 amide bonds. The van der Waals surface area contributed by atoms with E-state index in [4.69, 9.17) is 23.2 Å². The van der Waals surface area contributed by atoms with Gasteiger partial charge in [0.2, 0.25) is 5.91 Å². The summed E-state index contributed by atoms with van der Waals surface area (Å²) in [4.78, 5) is 12.2. The van der Waals surface area contributed by atoms with Crippen molar-refractivity contribution < 1.29 is 4.79 Å². The van der Waals surface area contributed by atoms with Gasteiger partial charge in [-0.3, -0.25) is 4.79 Å². The Morgan fingerprint density at radius 3 is 2.44 bits per heavy atom. The zero-order chi connectivity index (χ0) is 18.6. The Morgan fingerprint density at radius 1 is 1.08 bits per heavy atom. The lowest BCUT2D eigenvalue weighted by Gasteiger charge is -2.18. The van der Waals surface area contributed by atoms with E-state index in [1.807, 2.05) is 19.1 Å². The summed E-state index contributed by atoms with van der Waals surface area (Å²) in [6.45, 7) is 8.31. The first-order valence-corrected chi connectivity index (χ1v) is 10.1. The summed E-state index contributed by atoms with van der Waals surface area (Å²) < 4.78 is 0. The van der Waals surface area contributed by atoms with E-state index in [2.05, 4.69) is 38.2 Å². The number of benzene rings is 2. The first-order valence-electron chi connectivity index (χ1n) is 8.16. The molecule has 2 aromatic rings. The second-order valence-corrected chi connectivity index (χ2v) is 8.14. The summed E-state index contributed by atoms with van der Waals surface area (Å²) in [6.07, 6.45) is 0. The largest absolute Gasteiger partial charge is 0.349 e. The zero-order valence-corrected chi connectivity index (χ0v) is 17.3. The summed E-state index contributed by atoms with van der Waals surface area (Å²) in [6, 6.07) is 9.77. The molecule has 2 nitrogen and oxygen atoms in total. The van der Waals surface area contributed by atoms with Gasteiger partial charge in [-0.25, -0.2) is 0 Å². The molecule has 0 aliphatic rings. The molecule has 0 saturated heterocycles. The molecule has 25 heavy (non-hydrogen) atoms. The average Bonchev–Trinajstić information content (AvgIpc) is 2.52. The lowest BCUT2D eigenvalue weighted by atomic mass is 9.96. The van der Waals surface area contributed by atoms with Crippen LogP contribution in [0.15, 0.2) is 30.3 Å². The van der Waals surface area contributed by atoms with Crippen LogP contribution in [0.1, 0.15) is 40.8 Å². The van der Waals surface area contributed by atoms with E-state index < -0.39 is 0 Å². The number of aryl methyl sites for hydroxylation is 3. The molecular weight excluding hydrogens is 373 g/mol. The molecule has 0 aliphatic carbocycles. The van der Waals surface area contributed by atoms with Gasteiger partial charge in [-0.1, -0.05) is 41.4 Å². The topological polar surface area (TPSA) is 29.1 Å². The summed E-state index contributed by atoms with van der Waals surface area (Å²) in [5, 5.41) is 4.34. The second kappa shape index (κ2) is 8.98. The van der Waals surface area contributed by atoms with Crippen LogP contribution in [0.4, 0.5) is 0 Å². The fourth-order valence-electron chi connectivity index (χ4n) is 2.70. The Hall–Kier alpha value is -1.16. The lowest BCUT2D eigenvalue weighted by molar-refractivity contribution is -0.119. The van der Waals surface area contributed by atoms with Crippen LogP contribution >= 0.6 is 35.0 Å². The molecule has 0 unspecified atom stereocenters. The van der Waals surface area contributed by atoms with Gasteiger partial charge in [0.1, 0.15) is 0 Å². The van der Waals surface area contributed by atoms with Crippen molar-refractivity contribution in [3.05, 3.63) is 68.2 Å². The van der Waals surface area contributed by atoms with E-state index in [0.29, 0.717) is 21.6 Å². The van der Waals surface area contributed by atoms with Crippen molar-refractivity contribution >= 4 is 40.9 Å². The van der Waals surface area contributed by atoms with E-state index in [1.165, 1.54) is 22.3 Å². The standard InChI is InChI=1S/C20H23Cl2NOS/c1-12-7-14(3)18(8-13(12)2)15(4)23-20(24)11-25-10-16-5-6-17(21)9-19(16)22/h5-9,15H,10-11H2,1-4H3,(H,23,24)/t15-/m0/s1. The minimum absolute atomic E-state index is 0.00785. The third kappa shape index (κ3) is 5.67. The molecule has 0 spiro atoms. The third-order valence-corrected chi connectivity index (χ3v) is 5.80. The maximum absolute atomic E-state index is 12.2. The highest BCUT2D eigenvalue weighted by atomic mass is 35.5. The Balaban J connectivity index is 1.88. The smallest absolute Gasteiger partial charge is 0.230 e. The molecule has 2 aromatic carbocycles. The van der Waals surface area contributed by atoms with Crippen LogP contribution < -0.4 is 5.32 Å². The fourth-order valence-corrected chi connectivity index (χ4v) is 4.10. The van der Waals surface area contributed by atoms with Crippen molar-refractivity contribution in [1.29, 1.82) is 0 Å². The number of hydrogen-bond acceptors (Lipinski definition) is 2. The fraction of sp³-hybridized carbons (Fsp3) is 0.350. The van der Waals surface area contributed by atoms with E-state index in [0.717, 1.165) is 5.56 Å². The second-order valence-electron chi connectivity index (χ2n) is 6.31. The molecule has 2 rings (SSSR count). The van der Waals surface area contributed by atoms with Gasteiger partial charge in [0, 0.05) is 15.8 Å². The van der Waals surface area contributed by atoms with Crippen molar-refractivity contribution in [2.75, 3.05) is 5.75 Å². The average molecular weight is 396 g/mol. The van der Waals surface area contributed by atoms with Crippen LogP contribution in [0.3, 0.4) is 0 Å². The maximum atomic E-state index is 12.2. The van der Waals surface area contributed by atoms with Crippen molar-refractivity contribution in [1.82, 2.24) is 5.32 Å². The van der Waals surface area contributed by atoms with Gasteiger partial charge in [-0.15, -0.1) is 11.8 Å². The van der Waals surface area contributed by atoms with E-state index in [9.17, 15) is 4.79 Å².